The quantitative estimate of drug-likeness (QED) is 0.0752. The van der Waals surface area contributed by atoms with E-state index in [1.807, 2.05) is 0 Å². The lowest BCUT2D eigenvalue weighted by atomic mass is 9.62. The van der Waals surface area contributed by atoms with E-state index in [9.17, 15) is 0 Å². The summed E-state index contributed by atoms with van der Waals surface area (Å²) in [5.74, 6) is 0. The molecule has 0 spiro atoms. The van der Waals surface area contributed by atoms with Gasteiger partial charge in [0.2, 0.25) is 0 Å². The van der Waals surface area contributed by atoms with E-state index < -0.39 is 0 Å². The van der Waals surface area contributed by atoms with Gasteiger partial charge in [0.25, 0.3) is 0 Å². The Hall–Kier alpha value is 1.24. The molecule has 0 heterocycles. The van der Waals surface area contributed by atoms with Crippen LogP contribution >= 0.6 is 50.5 Å². The van der Waals surface area contributed by atoms with Crippen LogP contribution in [0.15, 0.2) is 0 Å². The van der Waals surface area contributed by atoms with Gasteiger partial charge in [-0.15, -0.1) is 0 Å². The van der Waals surface area contributed by atoms with Gasteiger partial charge in [-0.3, -0.25) is 0 Å². The van der Waals surface area contributed by atoms with Gasteiger partial charge in [-0.2, -0.15) is 50.5 Å². The van der Waals surface area contributed by atoms with Gasteiger partial charge in [-0.05, 0) is 112 Å². The van der Waals surface area contributed by atoms with Crippen molar-refractivity contribution in [3.63, 3.8) is 0 Å². The Morgan fingerprint density at radius 3 is 0.600 bits per heavy atom. The SMILES string of the molecule is CC(C)(S)CCOC(C)(C)CC(CC(C)(C)OCCC(C)(C)S)(CC(C)(C)OCCC(C)(C)S)CC(C)(C)OCCC(C)(C)S. The lowest BCUT2D eigenvalue weighted by molar-refractivity contribution is -0.145. The van der Waals surface area contributed by atoms with Gasteiger partial charge in [-0.1, -0.05) is 55.4 Å². The topological polar surface area (TPSA) is 36.9 Å². The highest BCUT2D eigenvalue weighted by molar-refractivity contribution is 7.82. The number of thiol groups is 4. The normalized spacial score (nSPS) is 15.2. The number of rotatable bonds is 24. The fraction of sp³-hybridized carbons (Fsp3) is 1.00. The molecule has 0 aromatic heterocycles. The van der Waals surface area contributed by atoms with Crippen molar-refractivity contribution in [2.75, 3.05) is 26.4 Å². The Bertz CT molecular complexity index is 699. The molecule has 0 fully saturated rings. The predicted molar refractivity (Wildman–Crippen MR) is 212 cm³/mol. The van der Waals surface area contributed by atoms with E-state index in [2.05, 4.69) is 111 Å². The molecule has 272 valence electrons. The highest BCUT2D eigenvalue weighted by Crippen LogP contribution is 2.51. The van der Waals surface area contributed by atoms with E-state index in [-0.39, 0.29) is 46.8 Å². The van der Waals surface area contributed by atoms with Crippen LogP contribution in [0.1, 0.15) is 162 Å². The molecule has 0 rings (SSSR count). The highest BCUT2D eigenvalue weighted by atomic mass is 32.1. The summed E-state index contributed by atoms with van der Waals surface area (Å²) in [6.07, 6.45) is 6.87. The second-order valence-corrected chi connectivity index (χ2v) is 23.7. The molecule has 0 saturated heterocycles. The number of hydrogen-bond donors (Lipinski definition) is 4. The molecule has 0 aliphatic rings. The molecule has 4 nitrogen and oxygen atoms in total. The van der Waals surface area contributed by atoms with Crippen LogP contribution in [0.2, 0.25) is 0 Å². The summed E-state index contributed by atoms with van der Waals surface area (Å²) in [4.78, 5) is 0. The first-order chi connectivity index (χ1) is 19.7. The van der Waals surface area contributed by atoms with E-state index in [0.29, 0.717) is 26.4 Å². The summed E-state index contributed by atoms with van der Waals surface area (Å²) in [5, 5.41) is 0. The number of hydrogen-bond acceptors (Lipinski definition) is 8. The van der Waals surface area contributed by atoms with Gasteiger partial charge in [-0.25, -0.2) is 0 Å². The zero-order chi connectivity index (χ0) is 35.8. The van der Waals surface area contributed by atoms with Crippen LogP contribution in [-0.4, -0.2) is 67.8 Å². The Morgan fingerprint density at radius 1 is 0.311 bits per heavy atom. The molecule has 0 atom stereocenters. The van der Waals surface area contributed by atoms with Gasteiger partial charge in [0.05, 0.1) is 22.4 Å². The molecular formula is C37H76O4S4. The van der Waals surface area contributed by atoms with Gasteiger partial charge >= 0.3 is 0 Å². The average Bonchev–Trinajstić information content (AvgIpc) is 2.66. The second-order valence-electron chi connectivity index (χ2n) is 18.9. The first-order valence-electron chi connectivity index (χ1n) is 17.1. The summed E-state index contributed by atoms with van der Waals surface area (Å²) in [7, 11) is 0. The molecule has 0 unspecified atom stereocenters. The Labute approximate surface area is 303 Å². The largest absolute Gasteiger partial charge is 0.376 e. The molecule has 0 aliphatic heterocycles. The first kappa shape index (κ1) is 46.2. The van der Waals surface area contributed by atoms with Crippen molar-refractivity contribution in [1.82, 2.24) is 0 Å². The fourth-order valence-electron chi connectivity index (χ4n) is 6.50. The molecular weight excluding hydrogens is 637 g/mol. The van der Waals surface area contributed by atoms with E-state index in [0.717, 1.165) is 51.4 Å². The van der Waals surface area contributed by atoms with Crippen molar-refractivity contribution in [2.24, 2.45) is 5.41 Å². The minimum atomic E-state index is -0.380. The van der Waals surface area contributed by atoms with Crippen molar-refractivity contribution < 1.29 is 18.9 Å². The molecule has 0 amide bonds. The van der Waals surface area contributed by atoms with Crippen molar-refractivity contribution in [1.29, 1.82) is 0 Å². The minimum absolute atomic E-state index is 0.0863. The smallest absolute Gasteiger partial charge is 0.0631 e. The van der Waals surface area contributed by atoms with Gasteiger partial charge in [0, 0.05) is 45.4 Å². The maximum absolute atomic E-state index is 6.68. The third-order valence-electron chi connectivity index (χ3n) is 8.03. The maximum Gasteiger partial charge on any atom is 0.0631 e. The lowest BCUT2D eigenvalue weighted by Crippen LogP contribution is -2.48. The van der Waals surface area contributed by atoms with Crippen LogP contribution < -0.4 is 0 Å². The van der Waals surface area contributed by atoms with E-state index in [4.69, 9.17) is 69.5 Å². The molecule has 0 bridgehead atoms. The molecule has 0 N–H and O–H groups in total. The van der Waals surface area contributed by atoms with Gasteiger partial charge in [0.15, 0.2) is 0 Å². The van der Waals surface area contributed by atoms with Crippen LogP contribution in [0.5, 0.6) is 0 Å². The summed E-state index contributed by atoms with van der Waals surface area (Å²) in [6.45, 7) is 37.6. The molecule has 8 heteroatoms. The summed E-state index contributed by atoms with van der Waals surface area (Å²) >= 11 is 19.0. The van der Waals surface area contributed by atoms with Gasteiger partial charge < -0.3 is 18.9 Å². The predicted octanol–water partition coefficient (Wildman–Crippen LogP) is 11.1. The minimum Gasteiger partial charge on any atom is -0.376 e. The monoisotopic (exact) mass is 712 g/mol. The second kappa shape index (κ2) is 17.4. The standard InChI is InChI=1S/C37H76O4S4/c1-29(2,38-21-17-33(9,10)42)25-37(26-30(3,4)39-22-18-34(11,12)43,27-31(5,6)40-23-19-35(13,14)44)28-32(7,8)41-24-20-36(15,16)45/h42-45H,17-28H2,1-16H3. The van der Waals surface area contributed by atoms with E-state index in [1.165, 1.54) is 0 Å². The fourth-order valence-corrected chi connectivity index (χ4v) is 6.87. The average molecular weight is 713 g/mol. The van der Waals surface area contributed by atoms with Crippen LogP contribution in [0, 0.1) is 5.41 Å². The van der Waals surface area contributed by atoms with Gasteiger partial charge in [0.1, 0.15) is 0 Å². The Morgan fingerprint density at radius 2 is 0.467 bits per heavy atom. The third kappa shape index (κ3) is 25.8. The third-order valence-corrected chi connectivity index (χ3v) is 8.92. The molecule has 0 aromatic carbocycles. The van der Waals surface area contributed by atoms with Crippen LogP contribution in [0.3, 0.4) is 0 Å². The van der Waals surface area contributed by atoms with Crippen molar-refractivity contribution in [3.05, 3.63) is 0 Å². The van der Waals surface area contributed by atoms with Crippen LogP contribution in [0.25, 0.3) is 0 Å². The first-order valence-corrected chi connectivity index (χ1v) is 18.9. The zero-order valence-corrected chi connectivity index (χ0v) is 36.0. The molecule has 0 aromatic rings. The van der Waals surface area contributed by atoms with Crippen molar-refractivity contribution >= 4 is 50.5 Å². The van der Waals surface area contributed by atoms with Crippen LogP contribution in [0.4, 0.5) is 0 Å². The number of ether oxygens (including phenoxy) is 4. The Balaban J connectivity index is 6.67. The van der Waals surface area contributed by atoms with Crippen LogP contribution in [-0.2, 0) is 18.9 Å². The molecule has 45 heavy (non-hydrogen) atoms. The van der Waals surface area contributed by atoms with Crippen molar-refractivity contribution in [2.45, 2.75) is 204 Å². The summed E-state index contributed by atoms with van der Waals surface area (Å²) in [5.41, 5.74) is -1.74. The molecule has 0 saturated carbocycles. The lowest BCUT2D eigenvalue weighted by Gasteiger charge is -2.50. The maximum atomic E-state index is 6.68. The summed E-state index contributed by atoms with van der Waals surface area (Å²) in [6, 6.07) is 0. The zero-order valence-electron chi connectivity index (χ0n) is 32.4. The van der Waals surface area contributed by atoms with Crippen molar-refractivity contribution in [3.8, 4) is 0 Å². The molecule has 0 radical (unpaired) electrons. The summed E-state index contributed by atoms with van der Waals surface area (Å²) < 4.78 is 26.4. The van der Waals surface area contributed by atoms with E-state index >= 15 is 0 Å². The highest BCUT2D eigenvalue weighted by Gasteiger charge is 2.48. The Kier molecular flexibility index (Phi) is 17.9. The molecule has 0 aliphatic carbocycles. The van der Waals surface area contributed by atoms with E-state index in [1.54, 1.807) is 0 Å².